The molecule has 3 aromatic rings. The summed E-state index contributed by atoms with van der Waals surface area (Å²) in [6, 6.07) is 7.62. The molecule has 0 unspecified atom stereocenters. The fraction of sp³-hybridized carbons (Fsp3) is 0.167. The molecule has 18 heavy (non-hydrogen) atoms. The maximum Gasteiger partial charge on any atom is 0.201 e. The van der Waals surface area contributed by atoms with Crippen LogP contribution in [0.3, 0.4) is 0 Å². The van der Waals surface area contributed by atoms with Crippen molar-refractivity contribution in [3.05, 3.63) is 41.2 Å². The zero-order valence-electron chi connectivity index (χ0n) is 9.84. The van der Waals surface area contributed by atoms with Crippen LogP contribution in [0.4, 0.5) is 5.95 Å². The number of benzene rings is 1. The van der Waals surface area contributed by atoms with Gasteiger partial charge in [0.2, 0.25) is 5.95 Å². The molecule has 0 atom stereocenters. The highest BCUT2D eigenvalue weighted by molar-refractivity contribution is 6.35. The first-order valence-corrected chi connectivity index (χ1v) is 5.91. The van der Waals surface area contributed by atoms with E-state index < -0.39 is 0 Å². The summed E-state index contributed by atoms with van der Waals surface area (Å²) in [6.45, 7) is 0.624. The van der Waals surface area contributed by atoms with Crippen molar-refractivity contribution in [3.8, 4) is 0 Å². The van der Waals surface area contributed by atoms with Gasteiger partial charge in [0, 0.05) is 13.2 Å². The van der Waals surface area contributed by atoms with Crippen molar-refractivity contribution in [3.63, 3.8) is 0 Å². The van der Waals surface area contributed by atoms with Crippen LogP contribution in [0.15, 0.2) is 30.5 Å². The third-order valence-corrected chi connectivity index (χ3v) is 3.31. The molecule has 2 aromatic heterocycles. The molecule has 0 aliphatic rings. The molecule has 0 aliphatic carbocycles. The van der Waals surface area contributed by atoms with Crippen LogP contribution in [0.2, 0.25) is 5.02 Å². The van der Waals surface area contributed by atoms with Crippen molar-refractivity contribution in [1.29, 1.82) is 0 Å². The predicted octanol–water partition coefficient (Wildman–Crippen LogP) is 2.05. The number of fused-ring (bicyclic) bond motifs is 1. The average Bonchev–Trinajstić information content (AvgIpc) is 2.87. The Kier molecular flexibility index (Phi) is 2.48. The van der Waals surface area contributed by atoms with Crippen molar-refractivity contribution in [2.45, 2.75) is 6.54 Å². The lowest BCUT2D eigenvalue weighted by atomic mass is 10.3. The van der Waals surface area contributed by atoms with Gasteiger partial charge in [-0.1, -0.05) is 17.7 Å². The van der Waals surface area contributed by atoms with Gasteiger partial charge in [-0.15, -0.1) is 0 Å². The van der Waals surface area contributed by atoms with Gasteiger partial charge in [-0.3, -0.25) is 4.68 Å². The summed E-state index contributed by atoms with van der Waals surface area (Å²) in [5.74, 6) is 0.458. The number of nitrogens with zero attached hydrogens (tertiary/aromatic N) is 4. The van der Waals surface area contributed by atoms with E-state index in [9.17, 15) is 0 Å². The number of hydrogen-bond acceptors (Lipinski definition) is 3. The van der Waals surface area contributed by atoms with Crippen molar-refractivity contribution >= 4 is 28.6 Å². The molecule has 0 fully saturated rings. The molecule has 0 amide bonds. The third-order valence-electron chi connectivity index (χ3n) is 3.00. The highest BCUT2D eigenvalue weighted by Gasteiger charge is 2.11. The van der Waals surface area contributed by atoms with E-state index in [0.29, 0.717) is 17.5 Å². The van der Waals surface area contributed by atoms with E-state index in [1.807, 2.05) is 40.6 Å². The van der Waals surface area contributed by atoms with Crippen LogP contribution in [0, 0.1) is 0 Å². The van der Waals surface area contributed by atoms with E-state index in [0.717, 1.165) is 16.7 Å². The summed E-state index contributed by atoms with van der Waals surface area (Å²) in [6.07, 6.45) is 1.76. The first kappa shape index (κ1) is 11.1. The van der Waals surface area contributed by atoms with Gasteiger partial charge < -0.3 is 10.3 Å². The molecule has 2 heterocycles. The fourth-order valence-electron chi connectivity index (χ4n) is 2.02. The average molecular weight is 262 g/mol. The number of aromatic nitrogens is 4. The highest BCUT2D eigenvalue weighted by Crippen LogP contribution is 2.25. The Morgan fingerprint density at radius 2 is 2.17 bits per heavy atom. The van der Waals surface area contributed by atoms with E-state index in [4.69, 9.17) is 17.3 Å². The number of nitrogens with two attached hydrogens (primary N) is 1. The molecule has 92 valence electrons. The van der Waals surface area contributed by atoms with Gasteiger partial charge in [0.25, 0.3) is 0 Å². The maximum absolute atomic E-state index is 6.11. The van der Waals surface area contributed by atoms with Crippen LogP contribution in [-0.4, -0.2) is 19.3 Å². The Bertz CT molecular complexity index is 712. The molecular formula is C12H12ClN5. The first-order chi connectivity index (χ1) is 8.66. The molecular weight excluding hydrogens is 250 g/mol. The molecule has 0 bridgehead atoms. The maximum atomic E-state index is 6.11. The summed E-state index contributed by atoms with van der Waals surface area (Å²) in [5.41, 5.74) is 8.68. The molecule has 0 radical (unpaired) electrons. The summed E-state index contributed by atoms with van der Waals surface area (Å²) in [5, 5.41) is 4.75. The number of imidazole rings is 1. The fourth-order valence-corrected chi connectivity index (χ4v) is 2.23. The smallest absolute Gasteiger partial charge is 0.201 e. The minimum absolute atomic E-state index is 0.458. The van der Waals surface area contributed by atoms with Crippen LogP contribution in [0.5, 0.6) is 0 Å². The molecule has 1 aromatic carbocycles. The van der Waals surface area contributed by atoms with E-state index in [2.05, 4.69) is 10.1 Å². The van der Waals surface area contributed by atoms with Crippen molar-refractivity contribution < 1.29 is 0 Å². The van der Waals surface area contributed by atoms with Gasteiger partial charge in [-0.2, -0.15) is 5.10 Å². The Labute approximate surface area is 109 Å². The lowest BCUT2D eigenvalue weighted by Crippen LogP contribution is -2.08. The molecule has 6 heteroatoms. The molecule has 0 saturated heterocycles. The molecule has 0 aliphatic heterocycles. The topological polar surface area (TPSA) is 61.7 Å². The lowest BCUT2D eigenvalue weighted by molar-refractivity contribution is 0.678. The predicted molar refractivity (Wildman–Crippen MR) is 71.5 cm³/mol. The minimum atomic E-state index is 0.458. The van der Waals surface area contributed by atoms with Crippen LogP contribution in [0.25, 0.3) is 11.0 Å². The minimum Gasteiger partial charge on any atom is -0.369 e. The summed E-state index contributed by atoms with van der Waals surface area (Å²) in [7, 11) is 1.90. The number of anilines is 1. The largest absolute Gasteiger partial charge is 0.369 e. The van der Waals surface area contributed by atoms with Crippen molar-refractivity contribution in [2.75, 3.05) is 5.73 Å². The summed E-state index contributed by atoms with van der Waals surface area (Å²) in [4.78, 5) is 4.30. The summed E-state index contributed by atoms with van der Waals surface area (Å²) < 4.78 is 3.74. The SMILES string of the molecule is Cn1nccc1Cn1c(N)nc2c(Cl)cccc21. The molecule has 0 saturated carbocycles. The van der Waals surface area contributed by atoms with Gasteiger partial charge in [-0.05, 0) is 18.2 Å². The zero-order valence-corrected chi connectivity index (χ0v) is 10.6. The molecule has 5 nitrogen and oxygen atoms in total. The van der Waals surface area contributed by atoms with E-state index in [-0.39, 0.29) is 0 Å². The summed E-state index contributed by atoms with van der Waals surface area (Å²) >= 11 is 6.11. The van der Waals surface area contributed by atoms with Crippen molar-refractivity contribution in [1.82, 2.24) is 19.3 Å². The number of aryl methyl sites for hydroxylation is 1. The number of hydrogen-bond donors (Lipinski definition) is 1. The van der Waals surface area contributed by atoms with Crippen LogP contribution < -0.4 is 5.73 Å². The van der Waals surface area contributed by atoms with Crippen LogP contribution in [0.1, 0.15) is 5.69 Å². The van der Waals surface area contributed by atoms with Gasteiger partial charge in [-0.25, -0.2) is 4.98 Å². The van der Waals surface area contributed by atoms with Crippen molar-refractivity contribution in [2.24, 2.45) is 7.05 Å². The van der Waals surface area contributed by atoms with E-state index in [1.165, 1.54) is 0 Å². The number of nitrogen functional groups attached to an aromatic ring is 1. The van der Waals surface area contributed by atoms with Crippen LogP contribution in [-0.2, 0) is 13.6 Å². The quantitative estimate of drug-likeness (QED) is 0.768. The second kappa shape index (κ2) is 4.03. The second-order valence-electron chi connectivity index (χ2n) is 4.11. The van der Waals surface area contributed by atoms with Gasteiger partial charge in [0.05, 0.1) is 22.8 Å². The third kappa shape index (κ3) is 1.64. The normalized spacial score (nSPS) is 11.2. The van der Waals surface area contributed by atoms with E-state index in [1.54, 1.807) is 6.20 Å². The van der Waals surface area contributed by atoms with Gasteiger partial charge in [0.1, 0.15) is 5.52 Å². The monoisotopic (exact) mass is 261 g/mol. The van der Waals surface area contributed by atoms with Crippen LogP contribution >= 0.6 is 11.6 Å². The van der Waals surface area contributed by atoms with E-state index >= 15 is 0 Å². The number of para-hydroxylation sites is 1. The Balaban J connectivity index is 2.15. The highest BCUT2D eigenvalue weighted by atomic mass is 35.5. The molecule has 2 N–H and O–H groups in total. The first-order valence-electron chi connectivity index (χ1n) is 5.54. The molecule has 3 rings (SSSR count). The number of halogens is 1. The number of rotatable bonds is 2. The van der Waals surface area contributed by atoms with Gasteiger partial charge in [0.15, 0.2) is 0 Å². The Hall–Kier alpha value is -2.01. The van der Waals surface area contributed by atoms with Gasteiger partial charge >= 0.3 is 0 Å². The second-order valence-corrected chi connectivity index (χ2v) is 4.52. The lowest BCUT2D eigenvalue weighted by Gasteiger charge is -2.06. The Morgan fingerprint density at radius 3 is 2.89 bits per heavy atom. The Morgan fingerprint density at radius 1 is 1.33 bits per heavy atom. The zero-order chi connectivity index (χ0) is 12.7. The standard InChI is InChI=1S/C12H12ClN5/c1-17-8(5-6-15-17)7-18-10-4-2-3-9(13)11(10)16-12(18)14/h2-6H,7H2,1H3,(H2,14,16). The molecule has 0 spiro atoms.